The van der Waals surface area contributed by atoms with E-state index in [1.807, 2.05) is 19.1 Å². The molecule has 0 fully saturated rings. The molecule has 2 aromatic rings. The van der Waals surface area contributed by atoms with Gasteiger partial charge in [-0.3, -0.25) is 4.79 Å². The number of ether oxygens (including phenoxy) is 1. The zero-order chi connectivity index (χ0) is 15.9. The number of halogens is 2. The second-order valence-electron chi connectivity index (χ2n) is 4.53. The van der Waals surface area contributed by atoms with Crippen molar-refractivity contribution in [2.75, 3.05) is 6.61 Å². The second kappa shape index (κ2) is 7.56. The molecule has 0 saturated carbocycles. The maximum Gasteiger partial charge on any atom is 0.277 e. The van der Waals surface area contributed by atoms with Gasteiger partial charge in [-0.1, -0.05) is 35.4 Å². The summed E-state index contributed by atoms with van der Waals surface area (Å²) in [4.78, 5) is 11.6. The summed E-state index contributed by atoms with van der Waals surface area (Å²) in [5.74, 6) is -0.382. The Kier molecular flexibility index (Phi) is 5.49. The summed E-state index contributed by atoms with van der Waals surface area (Å²) in [7, 11) is 0. The van der Waals surface area contributed by atoms with E-state index in [9.17, 15) is 9.18 Å². The van der Waals surface area contributed by atoms with Gasteiger partial charge in [0.1, 0.15) is 11.6 Å². The van der Waals surface area contributed by atoms with Gasteiger partial charge < -0.3 is 4.74 Å². The van der Waals surface area contributed by atoms with Gasteiger partial charge in [0, 0.05) is 5.56 Å². The summed E-state index contributed by atoms with van der Waals surface area (Å²) >= 11 is 5.83. The molecule has 114 valence electrons. The van der Waals surface area contributed by atoms with E-state index < -0.39 is 11.7 Å². The van der Waals surface area contributed by atoms with Crippen molar-refractivity contribution in [2.45, 2.75) is 6.92 Å². The number of rotatable bonds is 5. The summed E-state index contributed by atoms with van der Waals surface area (Å²) in [6, 6.07) is 11.6. The lowest BCUT2D eigenvalue weighted by Crippen LogP contribution is -2.24. The molecule has 1 N–H and O–H groups in total. The normalized spacial score (nSPS) is 10.7. The van der Waals surface area contributed by atoms with E-state index in [0.29, 0.717) is 5.75 Å². The third-order valence-electron chi connectivity index (χ3n) is 2.77. The van der Waals surface area contributed by atoms with Crippen molar-refractivity contribution in [3.05, 3.63) is 64.4 Å². The molecule has 0 aliphatic rings. The zero-order valence-corrected chi connectivity index (χ0v) is 12.6. The van der Waals surface area contributed by atoms with E-state index in [2.05, 4.69) is 10.5 Å². The highest BCUT2D eigenvalue weighted by Crippen LogP contribution is 2.16. The molecule has 0 saturated heterocycles. The van der Waals surface area contributed by atoms with Crippen LogP contribution in [0.4, 0.5) is 4.39 Å². The first-order chi connectivity index (χ1) is 10.6. The van der Waals surface area contributed by atoms with Crippen LogP contribution in [0.3, 0.4) is 0 Å². The quantitative estimate of drug-likeness (QED) is 0.678. The fraction of sp³-hybridized carbons (Fsp3) is 0.125. The molecule has 0 aliphatic heterocycles. The second-order valence-corrected chi connectivity index (χ2v) is 4.94. The van der Waals surface area contributed by atoms with Crippen LogP contribution in [0.25, 0.3) is 0 Å². The van der Waals surface area contributed by atoms with Crippen LogP contribution in [0, 0.1) is 12.7 Å². The highest BCUT2D eigenvalue weighted by Gasteiger charge is 2.04. The van der Waals surface area contributed by atoms with E-state index in [-0.39, 0.29) is 17.2 Å². The van der Waals surface area contributed by atoms with Crippen LogP contribution in [-0.4, -0.2) is 18.7 Å². The van der Waals surface area contributed by atoms with Crippen molar-refractivity contribution < 1.29 is 13.9 Å². The predicted molar refractivity (Wildman–Crippen MR) is 83.8 cm³/mol. The van der Waals surface area contributed by atoms with Crippen molar-refractivity contribution in [2.24, 2.45) is 5.10 Å². The molecule has 2 rings (SSSR count). The summed E-state index contributed by atoms with van der Waals surface area (Å²) in [5.41, 5.74) is 3.46. The minimum atomic E-state index is -0.513. The highest BCUT2D eigenvalue weighted by molar-refractivity contribution is 6.33. The molecule has 2 aromatic carbocycles. The van der Waals surface area contributed by atoms with Crippen molar-refractivity contribution >= 4 is 23.7 Å². The molecule has 0 radical (unpaired) electrons. The largest absolute Gasteiger partial charge is 0.484 e. The average molecular weight is 321 g/mol. The van der Waals surface area contributed by atoms with Crippen LogP contribution in [0.15, 0.2) is 47.6 Å². The van der Waals surface area contributed by atoms with Crippen LogP contribution >= 0.6 is 11.6 Å². The van der Waals surface area contributed by atoms with Gasteiger partial charge in [0.05, 0.1) is 11.2 Å². The summed E-state index contributed by atoms with van der Waals surface area (Å²) in [5, 5.41) is 3.88. The Bertz CT molecular complexity index is 667. The fourth-order valence-corrected chi connectivity index (χ4v) is 1.83. The first-order valence-corrected chi connectivity index (χ1v) is 6.89. The van der Waals surface area contributed by atoms with Gasteiger partial charge in [-0.15, -0.1) is 0 Å². The number of carbonyl (C=O) groups excluding carboxylic acids is 1. The Labute approximate surface area is 132 Å². The Morgan fingerprint density at radius 2 is 2.05 bits per heavy atom. The third-order valence-corrected chi connectivity index (χ3v) is 3.10. The van der Waals surface area contributed by atoms with E-state index in [0.717, 1.165) is 11.8 Å². The van der Waals surface area contributed by atoms with Gasteiger partial charge >= 0.3 is 0 Å². The molecule has 0 aliphatic carbocycles. The molecule has 4 nitrogen and oxygen atoms in total. The number of nitrogens with one attached hydrogen (secondary N) is 1. The molecule has 0 heterocycles. The molecular formula is C16H14ClFN2O2. The minimum absolute atomic E-state index is 0.115. The number of nitrogens with zero attached hydrogens (tertiary/aromatic N) is 1. The Morgan fingerprint density at radius 1 is 1.32 bits per heavy atom. The standard InChI is InChI=1S/C16H14ClFN2O2/c1-11-5-7-12(8-6-11)22-10-16(21)20-19-9-13-14(17)3-2-4-15(13)18/h2-9H,10H2,1H3,(H,20,21)/b19-9-. The Morgan fingerprint density at radius 3 is 2.73 bits per heavy atom. The number of carbonyl (C=O) groups is 1. The molecule has 6 heteroatoms. The monoisotopic (exact) mass is 320 g/mol. The van der Waals surface area contributed by atoms with E-state index >= 15 is 0 Å². The van der Waals surface area contributed by atoms with Crippen molar-refractivity contribution in [1.29, 1.82) is 0 Å². The van der Waals surface area contributed by atoms with Crippen LogP contribution in [0.5, 0.6) is 5.75 Å². The Hall–Kier alpha value is -2.40. The molecule has 0 aromatic heterocycles. The SMILES string of the molecule is Cc1ccc(OCC(=O)N/N=C\c2c(F)cccc2Cl)cc1. The maximum atomic E-state index is 13.5. The molecule has 1 amide bonds. The zero-order valence-electron chi connectivity index (χ0n) is 11.8. The summed E-state index contributed by atoms with van der Waals surface area (Å²) in [6.07, 6.45) is 1.15. The molecule has 0 unspecified atom stereocenters. The minimum Gasteiger partial charge on any atom is -0.484 e. The van der Waals surface area contributed by atoms with Crippen molar-refractivity contribution in [3.8, 4) is 5.75 Å². The van der Waals surface area contributed by atoms with Crippen LogP contribution < -0.4 is 10.2 Å². The van der Waals surface area contributed by atoms with Gasteiger partial charge in [-0.05, 0) is 31.2 Å². The number of hydrogen-bond donors (Lipinski definition) is 1. The van der Waals surface area contributed by atoms with Crippen LogP contribution in [0.2, 0.25) is 5.02 Å². The summed E-state index contributed by atoms with van der Waals surface area (Å²) in [6.45, 7) is 1.77. The lowest BCUT2D eigenvalue weighted by molar-refractivity contribution is -0.123. The number of benzene rings is 2. The Balaban J connectivity index is 1.85. The molecule has 0 bridgehead atoms. The lowest BCUT2D eigenvalue weighted by atomic mass is 10.2. The molecule has 0 spiro atoms. The highest BCUT2D eigenvalue weighted by atomic mass is 35.5. The molecular weight excluding hydrogens is 307 g/mol. The van der Waals surface area contributed by atoms with Gasteiger partial charge in [0.2, 0.25) is 0 Å². The van der Waals surface area contributed by atoms with Gasteiger partial charge in [-0.25, -0.2) is 9.82 Å². The van der Waals surface area contributed by atoms with E-state index in [1.165, 1.54) is 18.2 Å². The smallest absolute Gasteiger partial charge is 0.277 e. The molecule has 22 heavy (non-hydrogen) atoms. The number of hydrogen-bond acceptors (Lipinski definition) is 3. The first kappa shape index (κ1) is 16.0. The van der Waals surface area contributed by atoms with Crippen LogP contribution in [0.1, 0.15) is 11.1 Å². The maximum absolute atomic E-state index is 13.5. The lowest BCUT2D eigenvalue weighted by Gasteiger charge is -2.05. The van der Waals surface area contributed by atoms with Crippen molar-refractivity contribution in [1.82, 2.24) is 5.43 Å². The predicted octanol–water partition coefficient (Wildman–Crippen LogP) is 3.32. The number of aryl methyl sites for hydroxylation is 1. The van der Waals surface area contributed by atoms with Crippen molar-refractivity contribution in [3.63, 3.8) is 0 Å². The molecule has 0 atom stereocenters. The fourth-order valence-electron chi connectivity index (χ4n) is 1.62. The number of amides is 1. The number of hydrazone groups is 1. The van der Waals surface area contributed by atoms with E-state index in [1.54, 1.807) is 12.1 Å². The average Bonchev–Trinajstić information content (AvgIpc) is 2.50. The third kappa shape index (κ3) is 4.56. The summed E-state index contributed by atoms with van der Waals surface area (Å²) < 4.78 is 18.8. The topological polar surface area (TPSA) is 50.7 Å². The van der Waals surface area contributed by atoms with Gasteiger partial charge in [-0.2, -0.15) is 5.10 Å². The van der Waals surface area contributed by atoms with Gasteiger partial charge in [0.25, 0.3) is 5.91 Å². The van der Waals surface area contributed by atoms with Crippen LogP contribution in [-0.2, 0) is 4.79 Å². The van der Waals surface area contributed by atoms with Gasteiger partial charge in [0.15, 0.2) is 6.61 Å². The van der Waals surface area contributed by atoms with E-state index in [4.69, 9.17) is 16.3 Å². The first-order valence-electron chi connectivity index (χ1n) is 6.51.